The molecule has 0 atom stereocenters. The average molecular weight is 424 g/mol. The number of rotatable bonds is 13. The molecule has 0 heterocycles. The van der Waals surface area contributed by atoms with Crippen LogP contribution in [0.5, 0.6) is 0 Å². The maximum Gasteiger partial charge on any atom is 0.336 e. The first-order chi connectivity index (χ1) is 14.3. The van der Waals surface area contributed by atoms with Gasteiger partial charge in [-0.05, 0) is 12.1 Å². The van der Waals surface area contributed by atoms with E-state index in [1.165, 1.54) is 24.3 Å². The van der Waals surface area contributed by atoms with E-state index < -0.39 is 23.9 Å². The average Bonchev–Trinajstić information content (AvgIpc) is 2.74. The minimum atomic E-state index is -1.23. The monoisotopic (exact) mass is 424 g/mol. The molecule has 0 aromatic heterocycles. The van der Waals surface area contributed by atoms with Crippen molar-refractivity contribution in [3.8, 4) is 0 Å². The summed E-state index contributed by atoms with van der Waals surface area (Å²) in [5, 5.41) is 17.1. The Morgan fingerprint density at radius 3 is 1.33 bits per heavy atom. The standard InChI is InChI=1S/C12H18O6.C8H6O4/c1-3-11(13)17-9-7-15-5-6-16-8-10-18-12(14)4-2;9-7(10)5-3-1-2-4-6(5)8(11)12/h3-4H,1-2,5-10H2;1-4H,(H,9,10)(H,11,12). The lowest BCUT2D eigenvalue weighted by molar-refractivity contribution is -0.141. The van der Waals surface area contributed by atoms with Crippen molar-refractivity contribution in [2.45, 2.75) is 0 Å². The molecule has 0 saturated heterocycles. The molecule has 0 spiro atoms. The fourth-order valence-electron chi connectivity index (χ4n) is 1.70. The van der Waals surface area contributed by atoms with Crippen LogP contribution in [-0.4, -0.2) is 73.7 Å². The van der Waals surface area contributed by atoms with E-state index in [-0.39, 0.29) is 24.3 Å². The van der Waals surface area contributed by atoms with Gasteiger partial charge < -0.3 is 29.2 Å². The highest BCUT2D eigenvalue weighted by Gasteiger charge is 2.13. The van der Waals surface area contributed by atoms with Crippen LogP contribution in [0.3, 0.4) is 0 Å². The number of carboxylic acid groups (broad SMARTS) is 2. The molecule has 0 unspecified atom stereocenters. The van der Waals surface area contributed by atoms with Gasteiger partial charge in [0.2, 0.25) is 0 Å². The Labute approximate surface area is 173 Å². The fraction of sp³-hybridized carbons (Fsp3) is 0.300. The third-order valence-corrected chi connectivity index (χ3v) is 3.04. The minimum Gasteiger partial charge on any atom is -0.478 e. The fourth-order valence-corrected chi connectivity index (χ4v) is 1.70. The number of carboxylic acids is 2. The van der Waals surface area contributed by atoms with E-state index >= 15 is 0 Å². The van der Waals surface area contributed by atoms with Gasteiger partial charge in [0.15, 0.2) is 0 Å². The molecule has 30 heavy (non-hydrogen) atoms. The van der Waals surface area contributed by atoms with Crippen LogP contribution in [0, 0.1) is 0 Å². The molecule has 0 fully saturated rings. The summed E-state index contributed by atoms with van der Waals surface area (Å²) in [5.41, 5.74) is -0.380. The molecule has 1 aromatic carbocycles. The normalized spacial score (nSPS) is 9.47. The topological polar surface area (TPSA) is 146 Å². The SMILES string of the molecule is C=CC(=O)OCCOCCOCCOC(=O)C=C.O=C(O)c1ccccc1C(=O)O. The number of carbonyl (C=O) groups is 4. The second-order valence-electron chi connectivity index (χ2n) is 5.12. The molecule has 0 bridgehead atoms. The summed E-state index contributed by atoms with van der Waals surface area (Å²) < 4.78 is 19.6. The lowest BCUT2D eigenvalue weighted by Crippen LogP contribution is -2.13. The number of ether oxygens (including phenoxy) is 4. The van der Waals surface area contributed by atoms with Crippen LogP contribution in [0.2, 0.25) is 0 Å². The summed E-state index contributed by atoms with van der Waals surface area (Å²) in [5.74, 6) is -3.40. The van der Waals surface area contributed by atoms with Gasteiger partial charge in [-0.2, -0.15) is 0 Å². The first-order valence-corrected chi connectivity index (χ1v) is 8.63. The molecule has 0 aliphatic carbocycles. The molecule has 10 heteroatoms. The first kappa shape index (κ1) is 26.5. The van der Waals surface area contributed by atoms with Gasteiger partial charge in [0.05, 0.1) is 37.6 Å². The Kier molecular flexibility index (Phi) is 14.5. The number of carbonyl (C=O) groups excluding carboxylic acids is 2. The van der Waals surface area contributed by atoms with Crippen molar-refractivity contribution in [3.05, 3.63) is 60.7 Å². The molecule has 0 amide bonds. The number of aromatic carboxylic acids is 2. The summed E-state index contributed by atoms with van der Waals surface area (Å²) in [6, 6.07) is 5.48. The molecule has 2 N–H and O–H groups in total. The molecule has 1 rings (SSSR count). The summed E-state index contributed by atoms with van der Waals surface area (Å²) in [4.78, 5) is 42.2. The van der Waals surface area contributed by atoms with Crippen molar-refractivity contribution < 1.29 is 48.3 Å². The third-order valence-electron chi connectivity index (χ3n) is 3.04. The molecule has 0 radical (unpaired) electrons. The molecule has 1 aromatic rings. The van der Waals surface area contributed by atoms with E-state index in [0.29, 0.717) is 26.4 Å². The quantitative estimate of drug-likeness (QED) is 0.272. The van der Waals surface area contributed by atoms with E-state index in [2.05, 4.69) is 22.6 Å². The highest BCUT2D eigenvalue weighted by atomic mass is 16.6. The summed E-state index contributed by atoms with van der Waals surface area (Å²) in [7, 11) is 0. The Morgan fingerprint density at radius 2 is 1.03 bits per heavy atom. The number of esters is 2. The van der Waals surface area contributed by atoms with Crippen molar-refractivity contribution in [1.29, 1.82) is 0 Å². The van der Waals surface area contributed by atoms with Crippen LogP contribution in [0.4, 0.5) is 0 Å². The lowest BCUT2D eigenvalue weighted by atomic mass is 10.1. The maximum absolute atomic E-state index is 10.6. The Morgan fingerprint density at radius 1 is 0.700 bits per heavy atom. The second kappa shape index (κ2) is 16.5. The van der Waals surface area contributed by atoms with Crippen molar-refractivity contribution in [2.75, 3.05) is 39.6 Å². The lowest BCUT2D eigenvalue weighted by Gasteiger charge is -2.06. The summed E-state index contributed by atoms with van der Waals surface area (Å²) in [6.45, 7) is 8.23. The molecule has 164 valence electrons. The van der Waals surface area contributed by atoms with E-state index in [0.717, 1.165) is 12.2 Å². The smallest absolute Gasteiger partial charge is 0.336 e. The molecular weight excluding hydrogens is 400 g/mol. The maximum atomic E-state index is 10.6. The van der Waals surface area contributed by atoms with Gasteiger partial charge in [0, 0.05) is 12.2 Å². The van der Waals surface area contributed by atoms with Crippen LogP contribution in [0.15, 0.2) is 49.6 Å². The van der Waals surface area contributed by atoms with E-state index in [1.807, 2.05) is 0 Å². The number of benzene rings is 1. The van der Waals surface area contributed by atoms with Gasteiger partial charge in [0.25, 0.3) is 0 Å². The van der Waals surface area contributed by atoms with Gasteiger partial charge in [-0.3, -0.25) is 0 Å². The zero-order chi connectivity index (χ0) is 22.8. The number of hydrogen-bond donors (Lipinski definition) is 2. The molecular formula is C20H24O10. The van der Waals surface area contributed by atoms with Crippen molar-refractivity contribution in [3.63, 3.8) is 0 Å². The van der Waals surface area contributed by atoms with Crippen LogP contribution < -0.4 is 0 Å². The highest BCUT2D eigenvalue weighted by Crippen LogP contribution is 2.07. The second-order valence-corrected chi connectivity index (χ2v) is 5.12. The molecule has 0 saturated carbocycles. The summed E-state index contributed by atoms with van der Waals surface area (Å²) >= 11 is 0. The van der Waals surface area contributed by atoms with Gasteiger partial charge in [-0.1, -0.05) is 25.3 Å². The predicted octanol–water partition coefficient (Wildman–Crippen LogP) is 1.56. The van der Waals surface area contributed by atoms with Crippen LogP contribution >= 0.6 is 0 Å². The summed E-state index contributed by atoms with van der Waals surface area (Å²) in [6.07, 6.45) is 2.18. The Balaban J connectivity index is 0.000000604. The number of hydrogen-bond acceptors (Lipinski definition) is 8. The van der Waals surface area contributed by atoms with Gasteiger partial charge >= 0.3 is 23.9 Å². The predicted molar refractivity (Wildman–Crippen MR) is 104 cm³/mol. The largest absolute Gasteiger partial charge is 0.478 e. The van der Waals surface area contributed by atoms with Gasteiger partial charge in [-0.25, -0.2) is 19.2 Å². The third kappa shape index (κ3) is 12.8. The van der Waals surface area contributed by atoms with Crippen molar-refractivity contribution in [1.82, 2.24) is 0 Å². The van der Waals surface area contributed by atoms with Crippen molar-refractivity contribution in [2.24, 2.45) is 0 Å². The minimum absolute atomic E-state index is 0.182. The first-order valence-electron chi connectivity index (χ1n) is 8.63. The van der Waals surface area contributed by atoms with Gasteiger partial charge in [0.1, 0.15) is 13.2 Å². The Bertz CT molecular complexity index is 665. The van der Waals surface area contributed by atoms with Crippen LogP contribution in [-0.2, 0) is 28.5 Å². The zero-order valence-electron chi connectivity index (χ0n) is 16.3. The molecule has 0 aliphatic heterocycles. The Hall–Kier alpha value is -3.50. The molecule has 0 aliphatic rings. The highest BCUT2D eigenvalue weighted by molar-refractivity contribution is 6.01. The van der Waals surface area contributed by atoms with E-state index in [4.69, 9.17) is 19.7 Å². The molecule has 10 nitrogen and oxygen atoms in total. The van der Waals surface area contributed by atoms with E-state index in [1.54, 1.807) is 0 Å². The van der Waals surface area contributed by atoms with Crippen LogP contribution in [0.25, 0.3) is 0 Å². The van der Waals surface area contributed by atoms with Crippen molar-refractivity contribution >= 4 is 23.9 Å². The zero-order valence-corrected chi connectivity index (χ0v) is 16.3. The van der Waals surface area contributed by atoms with E-state index in [9.17, 15) is 19.2 Å². The van der Waals surface area contributed by atoms with Gasteiger partial charge in [-0.15, -0.1) is 0 Å². The van der Waals surface area contributed by atoms with Crippen LogP contribution in [0.1, 0.15) is 20.7 Å².